The summed E-state index contributed by atoms with van der Waals surface area (Å²) in [5, 5.41) is 4.47. The van der Waals surface area contributed by atoms with E-state index in [0.717, 1.165) is 33.3 Å². The van der Waals surface area contributed by atoms with Gasteiger partial charge >= 0.3 is 0 Å². The molecule has 0 saturated heterocycles. The zero-order valence-electron chi connectivity index (χ0n) is 36.2. The largest absolute Gasteiger partial charge is 0.500 e. The second-order valence-corrected chi connectivity index (χ2v) is 11.9. The molecule has 0 spiro atoms. The first-order valence-electron chi connectivity index (χ1n) is 19.9. The second kappa shape index (κ2) is 12.4. The Hall–Kier alpha value is -4.44. The topological polar surface area (TPSA) is 51.8 Å². The van der Waals surface area contributed by atoms with Crippen molar-refractivity contribution in [3.8, 4) is 22.5 Å². The summed E-state index contributed by atoms with van der Waals surface area (Å²) in [5.74, 6) is 0. The average Bonchev–Trinajstić information content (AvgIpc) is 3.51. The number of nitrogens with zero attached hydrogens (tertiary/aromatic N) is 3. The van der Waals surface area contributed by atoms with Crippen molar-refractivity contribution in [1.82, 2.24) is 15.0 Å². The molecule has 8 aromatic rings. The molecule has 0 unspecified atom stereocenters. The Balaban J connectivity index is 0.000000203. The Morgan fingerprint density at radius 2 is 1.61 bits per heavy atom. The SMILES string of the molecule is [2H]C([2H])([2H])c1c[c-]c(-c2ccc(C([2H])([2H])C(C)(C)C)cn2)cc1.[2H]C([2H])([2H])c1cnc(-c2[c-]cc3oc4cc5ccccc5c5ncc2c3c45)cc1C([2H])([2H])[2H].[Ir]. The number of pyridine rings is 3. The Bertz CT molecular complexity index is 2710. The molecular formula is C41H35IrN3O-2. The number of rotatable bonds is 3. The summed E-state index contributed by atoms with van der Waals surface area (Å²) in [4.78, 5) is 13.3. The summed E-state index contributed by atoms with van der Waals surface area (Å²) in [6, 6.07) is 27.2. The van der Waals surface area contributed by atoms with E-state index >= 15 is 0 Å². The van der Waals surface area contributed by atoms with Crippen LogP contribution in [0.4, 0.5) is 0 Å². The standard InChI is InChI=1S/C24H15N2O.C17H20N.Ir/c1-13-9-19(25-11-14(13)2)17-7-8-20-22-18(17)12-26-24-16-6-4-3-5-15(16)10-21(27-20)23(22)24;1-13-5-8-15(9-6-13)16-10-7-14(12-18-16)11-17(2,3)4;/h3-6,8-12H,1-2H3;5-8,10,12H,11H2,1-4H3;/q2*-1;/i1D3,2D3;1D3,11D2;. The smallest absolute Gasteiger partial charge is 0.123 e. The van der Waals surface area contributed by atoms with Crippen molar-refractivity contribution in [3.05, 3.63) is 126 Å². The van der Waals surface area contributed by atoms with Crippen molar-refractivity contribution in [1.29, 1.82) is 0 Å². The van der Waals surface area contributed by atoms with Gasteiger partial charge in [0.1, 0.15) is 5.58 Å². The Kier molecular flexibility index (Phi) is 5.56. The van der Waals surface area contributed by atoms with E-state index in [2.05, 4.69) is 22.1 Å². The van der Waals surface area contributed by atoms with Crippen LogP contribution in [0.3, 0.4) is 0 Å². The summed E-state index contributed by atoms with van der Waals surface area (Å²) in [7, 11) is 0. The maximum atomic E-state index is 8.25. The van der Waals surface area contributed by atoms with Gasteiger partial charge in [0.15, 0.2) is 0 Å². The number of benzene rings is 4. The summed E-state index contributed by atoms with van der Waals surface area (Å²) in [5.41, 5.74) is 4.03. The van der Waals surface area contributed by atoms with E-state index in [9.17, 15) is 0 Å². The van der Waals surface area contributed by atoms with Crippen LogP contribution >= 0.6 is 0 Å². The number of hydrogen-bond acceptors (Lipinski definition) is 4. The molecule has 4 aromatic carbocycles. The molecule has 231 valence electrons. The van der Waals surface area contributed by atoms with Gasteiger partial charge in [0.05, 0.1) is 11.1 Å². The molecule has 0 N–H and O–H groups in total. The van der Waals surface area contributed by atoms with Crippen LogP contribution in [0, 0.1) is 38.1 Å². The molecule has 0 bridgehead atoms. The second-order valence-electron chi connectivity index (χ2n) is 11.9. The van der Waals surface area contributed by atoms with E-state index in [-0.39, 0.29) is 36.8 Å². The Morgan fingerprint density at radius 3 is 2.35 bits per heavy atom. The van der Waals surface area contributed by atoms with Gasteiger partial charge in [-0.3, -0.25) is 4.98 Å². The first-order valence-corrected chi connectivity index (χ1v) is 14.4. The number of aryl methyl sites for hydroxylation is 3. The number of aromatic nitrogens is 3. The normalized spacial score (nSPS) is 16.3. The Labute approximate surface area is 299 Å². The third-order valence-corrected chi connectivity index (χ3v) is 7.44. The molecule has 0 atom stereocenters. The van der Waals surface area contributed by atoms with Gasteiger partial charge in [0.25, 0.3) is 0 Å². The molecule has 0 aliphatic rings. The molecule has 0 amide bonds. The molecule has 0 aliphatic heterocycles. The predicted octanol–water partition coefficient (Wildman–Crippen LogP) is 10.6. The quantitative estimate of drug-likeness (QED) is 0.132. The first kappa shape index (κ1) is 20.6. The van der Waals surface area contributed by atoms with Gasteiger partial charge in [-0.05, 0) is 71.0 Å². The zero-order valence-corrected chi connectivity index (χ0v) is 27.6. The monoisotopic (exact) mass is 789 g/mol. The summed E-state index contributed by atoms with van der Waals surface area (Å²) >= 11 is 0. The molecule has 1 radical (unpaired) electrons. The van der Waals surface area contributed by atoms with E-state index < -0.39 is 32.3 Å². The average molecular weight is 789 g/mol. The van der Waals surface area contributed by atoms with Crippen LogP contribution in [0.5, 0.6) is 0 Å². The number of hydrogen-bond donors (Lipinski definition) is 0. The minimum atomic E-state index is -2.61. The van der Waals surface area contributed by atoms with Crippen molar-refractivity contribution >= 4 is 43.6 Å². The fraction of sp³-hybridized carbons (Fsp3) is 0.195. The maximum Gasteiger partial charge on any atom is 0.123 e. The van der Waals surface area contributed by atoms with Gasteiger partial charge in [-0.25, -0.2) is 0 Å². The van der Waals surface area contributed by atoms with Crippen LogP contribution in [-0.4, -0.2) is 15.0 Å². The first-order chi connectivity index (χ1) is 26.1. The minimum absolute atomic E-state index is 0. The number of fused-ring (bicyclic) bond motifs is 2. The molecule has 0 fully saturated rings. The maximum absolute atomic E-state index is 8.25. The molecule has 4 heterocycles. The zero-order chi connectivity index (χ0) is 40.6. The van der Waals surface area contributed by atoms with Gasteiger partial charge in [-0.2, -0.15) is 0 Å². The number of furan rings is 1. The molecule has 5 heteroatoms. The fourth-order valence-electron chi connectivity index (χ4n) is 5.47. The van der Waals surface area contributed by atoms with Gasteiger partial charge in [0, 0.05) is 58.3 Å². The summed E-state index contributed by atoms with van der Waals surface area (Å²) in [6.45, 7) is -1.79. The van der Waals surface area contributed by atoms with Crippen LogP contribution in [0.1, 0.15) is 58.1 Å². The molecule has 0 aliphatic carbocycles. The van der Waals surface area contributed by atoms with Crippen LogP contribution in [0.2, 0.25) is 0 Å². The molecule has 0 saturated carbocycles. The van der Waals surface area contributed by atoms with Crippen LogP contribution in [0.25, 0.3) is 66.1 Å². The van der Waals surface area contributed by atoms with Gasteiger partial charge in [0.2, 0.25) is 0 Å². The molecule has 8 rings (SSSR count). The predicted molar refractivity (Wildman–Crippen MR) is 186 cm³/mol. The third kappa shape index (κ3) is 6.05. The molecule has 4 nitrogen and oxygen atoms in total. The third-order valence-electron chi connectivity index (χ3n) is 7.44. The van der Waals surface area contributed by atoms with E-state index in [1.807, 2.05) is 51.1 Å². The fourth-order valence-corrected chi connectivity index (χ4v) is 5.47. The van der Waals surface area contributed by atoms with Crippen molar-refractivity contribution in [2.24, 2.45) is 5.41 Å². The van der Waals surface area contributed by atoms with E-state index in [1.165, 1.54) is 18.3 Å². The van der Waals surface area contributed by atoms with Crippen molar-refractivity contribution in [2.75, 3.05) is 0 Å². The van der Waals surface area contributed by atoms with Gasteiger partial charge < -0.3 is 14.4 Å². The van der Waals surface area contributed by atoms with E-state index in [0.29, 0.717) is 44.6 Å². The molecule has 46 heavy (non-hydrogen) atoms. The van der Waals surface area contributed by atoms with Crippen LogP contribution in [-0.2, 0) is 26.5 Å². The van der Waals surface area contributed by atoms with E-state index in [1.54, 1.807) is 36.5 Å². The summed E-state index contributed by atoms with van der Waals surface area (Å²) < 4.78 is 91.3. The molecular weight excluding hydrogens is 743 g/mol. The summed E-state index contributed by atoms with van der Waals surface area (Å²) in [6.07, 6.45) is 2.88. The van der Waals surface area contributed by atoms with Crippen LogP contribution in [0.15, 0.2) is 95.8 Å². The Morgan fingerprint density at radius 1 is 0.761 bits per heavy atom. The minimum Gasteiger partial charge on any atom is -0.500 e. The van der Waals surface area contributed by atoms with Gasteiger partial charge in [-0.15, -0.1) is 53.1 Å². The van der Waals surface area contributed by atoms with Crippen molar-refractivity contribution in [2.45, 2.75) is 47.7 Å². The van der Waals surface area contributed by atoms with Crippen LogP contribution < -0.4 is 0 Å². The molecule has 4 aromatic heterocycles. The van der Waals surface area contributed by atoms with Crippen molar-refractivity contribution < 1.29 is 39.6 Å². The van der Waals surface area contributed by atoms with E-state index in [4.69, 9.17) is 24.5 Å². The van der Waals surface area contributed by atoms with Gasteiger partial charge in [-0.1, -0.05) is 81.0 Å². The van der Waals surface area contributed by atoms with Crippen molar-refractivity contribution in [3.63, 3.8) is 0 Å².